The molecule has 2 aromatic carbocycles. The summed E-state index contributed by atoms with van der Waals surface area (Å²) < 4.78 is 25.9. The van der Waals surface area contributed by atoms with Crippen LogP contribution in [-0.4, -0.2) is 56.0 Å². The summed E-state index contributed by atoms with van der Waals surface area (Å²) >= 11 is 0. The maximum Gasteiger partial charge on any atom is 0.229 e. The summed E-state index contributed by atoms with van der Waals surface area (Å²) in [4.78, 5) is 6.95. The average molecular weight is 478 g/mol. The van der Waals surface area contributed by atoms with Gasteiger partial charge in [-0.1, -0.05) is 18.2 Å². The number of nitrogens with zero attached hydrogens (tertiary/aromatic N) is 3. The molecule has 0 saturated carbocycles. The van der Waals surface area contributed by atoms with Gasteiger partial charge in [0, 0.05) is 55.6 Å². The molecule has 0 amide bonds. The van der Waals surface area contributed by atoms with E-state index in [9.17, 15) is 8.42 Å². The van der Waals surface area contributed by atoms with Gasteiger partial charge in [0.1, 0.15) is 11.5 Å². The number of aromatic amines is 1. The predicted molar refractivity (Wildman–Crippen MR) is 137 cm³/mol. The SMILES string of the molecule is CS(=O)(=O)Nc1ccccc1CNc1ccc2[nH]nc(-c3ccc(N4CCNCC4)nc3)c2c1. The van der Waals surface area contributed by atoms with Crippen LogP contribution in [-0.2, 0) is 16.6 Å². The fourth-order valence-corrected chi connectivity index (χ4v) is 4.72. The van der Waals surface area contributed by atoms with Crippen molar-refractivity contribution in [1.29, 1.82) is 0 Å². The minimum absolute atomic E-state index is 0.471. The lowest BCUT2D eigenvalue weighted by molar-refractivity contribution is 0.585. The van der Waals surface area contributed by atoms with Crippen molar-refractivity contribution in [2.45, 2.75) is 6.54 Å². The van der Waals surface area contributed by atoms with Gasteiger partial charge in [-0.05, 0) is 42.0 Å². The molecule has 0 bridgehead atoms. The third-order valence-electron chi connectivity index (χ3n) is 5.82. The van der Waals surface area contributed by atoms with Crippen molar-refractivity contribution in [3.8, 4) is 11.3 Å². The van der Waals surface area contributed by atoms with E-state index in [1.807, 2.05) is 42.6 Å². The summed E-state index contributed by atoms with van der Waals surface area (Å²) in [5, 5.41) is 15.4. The molecule has 34 heavy (non-hydrogen) atoms. The predicted octanol–water partition coefficient (Wildman–Crippen LogP) is 3.02. The summed E-state index contributed by atoms with van der Waals surface area (Å²) in [6.07, 6.45) is 3.02. The van der Waals surface area contributed by atoms with E-state index < -0.39 is 10.0 Å². The topological polar surface area (TPSA) is 115 Å². The Balaban J connectivity index is 1.36. The van der Waals surface area contributed by atoms with Crippen LogP contribution in [0.1, 0.15) is 5.56 Å². The molecule has 0 spiro atoms. The van der Waals surface area contributed by atoms with Gasteiger partial charge in [0.15, 0.2) is 0 Å². The second kappa shape index (κ2) is 9.32. The zero-order chi connectivity index (χ0) is 23.5. The van der Waals surface area contributed by atoms with Gasteiger partial charge in [-0.2, -0.15) is 5.10 Å². The molecule has 0 radical (unpaired) electrons. The maximum absolute atomic E-state index is 11.7. The first-order valence-corrected chi connectivity index (χ1v) is 13.1. The van der Waals surface area contributed by atoms with Crippen molar-refractivity contribution >= 4 is 38.1 Å². The Labute approximate surface area is 198 Å². The van der Waals surface area contributed by atoms with Gasteiger partial charge in [0.05, 0.1) is 17.5 Å². The second-order valence-electron chi connectivity index (χ2n) is 8.36. The summed E-state index contributed by atoms with van der Waals surface area (Å²) in [5.74, 6) is 0.980. The van der Waals surface area contributed by atoms with Crippen LogP contribution in [0.2, 0.25) is 0 Å². The second-order valence-corrected chi connectivity index (χ2v) is 10.1. The molecule has 4 aromatic rings. The third-order valence-corrected chi connectivity index (χ3v) is 6.41. The van der Waals surface area contributed by atoms with E-state index in [2.05, 4.69) is 47.6 Å². The van der Waals surface area contributed by atoms with Crippen molar-refractivity contribution in [3.05, 3.63) is 66.4 Å². The molecule has 5 rings (SSSR count). The number of rotatable bonds is 7. The standard InChI is InChI=1S/C24H27N7O2S/c1-34(32,33)30-21-5-3-2-4-17(21)15-26-19-7-8-22-20(14-19)24(29-28-22)18-6-9-23(27-16-18)31-12-10-25-11-13-31/h2-9,14,16,25-26,30H,10-13,15H2,1H3,(H,28,29). The molecule has 3 heterocycles. The first-order valence-electron chi connectivity index (χ1n) is 11.2. The van der Waals surface area contributed by atoms with Crippen LogP contribution in [0.3, 0.4) is 0 Å². The molecular formula is C24H27N7O2S. The number of aromatic nitrogens is 3. The highest BCUT2D eigenvalue weighted by molar-refractivity contribution is 7.92. The van der Waals surface area contributed by atoms with E-state index >= 15 is 0 Å². The van der Waals surface area contributed by atoms with E-state index in [1.54, 1.807) is 6.07 Å². The fourth-order valence-electron chi connectivity index (χ4n) is 4.12. The summed E-state index contributed by atoms with van der Waals surface area (Å²) in [5.41, 5.74) is 5.06. The Hall–Kier alpha value is -3.63. The van der Waals surface area contributed by atoms with E-state index in [1.165, 1.54) is 0 Å². The average Bonchev–Trinajstić information content (AvgIpc) is 3.26. The van der Waals surface area contributed by atoms with E-state index in [-0.39, 0.29) is 0 Å². The Morgan fingerprint density at radius 2 is 1.88 bits per heavy atom. The molecule has 0 atom stereocenters. The van der Waals surface area contributed by atoms with Crippen LogP contribution in [0.5, 0.6) is 0 Å². The van der Waals surface area contributed by atoms with Gasteiger partial charge in [-0.3, -0.25) is 9.82 Å². The normalized spacial score (nSPS) is 14.3. The van der Waals surface area contributed by atoms with Crippen LogP contribution in [0.15, 0.2) is 60.8 Å². The van der Waals surface area contributed by atoms with Gasteiger partial charge >= 0.3 is 0 Å². The molecule has 1 saturated heterocycles. The largest absolute Gasteiger partial charge is 0.381 e. The number of anilines is 3. The highest BCUT2D eigenvalue weighted by Gasteiger charge is 2.14. The third kappa shape index (κ3) is 4.97. The van der Waals surface area contributed by atoms with Gasteiger partial charge in [-0.25, -0.2) is 13.4 Å². The smallest absolute Gasteiger partial charge is 0.229 e. The molecule has 1 fully saturated rings. The van der Waals surface area contributed by atoms with E-state index in [0.717, 1.165) is 71.7 Å². The Bertz CT molecular complexity index is 1390. The molecule has 10 heteroatoms. The molecule has 2 aromatic heterocycles. The summed E-state index contributed by atoms with van der Waals surface area (Å²) in [6.45, 7) is 4.32. The number of hydrogen-bond acceptors (Lipinski definition) is 7. The number of hydrogen-bond donors (Lipinski definition) is 4. The number of H-pyrrole nitrogens is 1. The van der Waals surface area contributed by atoms with Gasteiger partial charge in [0.2, 0.25) is 10.0 Å². The number of pyridine rings is 1. The lowest BCUT2D eigenvalue weighted by Gasteiger charge is -2.28. The first kappa shape index (κ1) is 22.2. The molecule has 0 unspecified atom stereocenters. The van der Waals surface area contributed by atoms with Crippen LogP contribution < -0.4 is 20.3 Å². The van der Waals surface area contributed by atoms with Crippen molar-refractivity contribution in [1.82, 2.24) is 20.5 Å². The van der Waals surface area contributed by atoms with Gasteiger partial charge < -0.3 is 15.5 Å². The van der Waals surface area contributed by atoms with Crippen molar-refractivity contribution in [2.24, 2.45) is 0 Å². The monoisotopic (exact) mass is 477 g/mol. The lowest BCUT2D eigenvalue weighted by atomic mass is 10.1. The zero-order valence-electron chi connectivity index (χ0n) is 18.9. The highest BCUT2D eigenvalue weighted by atomic mass is 32.2. The van der Waals surface area contributed by atoms with Crippen LogP contribution in [0, 0.1) is 0 Å². The summed E-state index contributed by atoms with van der Waals surface area (Å²) in [6, 6.07) is 17.5. The number of nitrogens with one attached hydrogen (secondary N) is 4. The van der Waals surface area contributed by atoms with Gasteiger partial charge in [-0.15, -0.1) is 0 Å². The number of sulfonamides is 1. The molecule has 1 aliphatic heterocycles. The van der Waals surface area contributed by atoms with Gasteiger partial charge in [0.25, 0.3) is 0 Å². The number of fused-ring (bicyclic) bond motifs is 1. The highest BCUT2D eigenvalue weighted by Crippen LogP contribution is 2.29. The number of benzene rings is 2. The first-order chi connectivity index (χ1) is 16.5. The van der Waals surface area contributed by atoms with Crippen molar-refractivity contribution in [2.75, 3.05) is 47.4 Å². The van der Waals surface area contributed by atoms with E-state index in [0.29, 0.717) is 12.2 Å². The van der Waals surface area contributed by atoms with Crippen LogP contribution in [0.4, 0.5) is 17.2 Å². The molecular weight excluding hydrogens is 450 g/mol. The molecule has 4 N–H and O–H groups in total. The van der Waals surface area contributed by atoms with Crippen LogP contribution in [0.25, 0.3) is 22.2 Å². The lowest BCUT2D eigenvalue weighted by Crippen LogP contribution is -2.43. The van der Waals surface area contributed by atoms with E-state index in [4.69, 9.17) is 0 Å². The fraction of sp³-hybridized carbons (Fsp3) is 0.250. The van der Waals surface area contributed by atoms with Crippen molar-refractivity contribution < 1.29 is 8.42 Å². The summed E-state index contributed by atoms with van der Waals surface area (Å²) in [7, 11) is -3.35. The molecule has 176 valence electrons. The molecule has 0 aliphatic carbocycles. The van der Waals surface area contributed by atoms with Crippen LogP contribution >= 0.6 is 0 Å². The van der Waals surface area contributed by atoms with Crippen molar-refractivity contribution in [3.63, 3.8) is 0 Å². The Morgan fingerprint density at radius 3 is 2.65 bits per heavy atom. The Kier molecular flexibility index (Phi) is 6.08. The number of para-hydroxylation sites is 1. The zero-order valence-corrected chi connectivity index (χ0v) is 19.7. The minimum atomic E-state index is -3.35. The number of piperazine rings is 1. The Morgan fingerprint density at radius 1 is 1.06 bits per heavy atom. The minimum Gasteiger partial charge on any atom is -0.381 e. The quantitative estimate of drug-likeness (QED) is 0.323. The molecule has 1 aliphatic rings. The maximum atomic E-state index is 11.7. The molecule has 9 nitrogen and oxygen atoms in total.